The summed E-state index contributed by atoms with van der Waals surface area (Å²) in [6.07, 6.45) is 2.88. The third-order valence-electron chi connectivity index (χ3n) is 3.37. The molecule has 0 aliphatic carbocycles. The Morgan fingerprint density at radius 3 is 2.50 bits per heavy atom. The highest BCUT2D eigenvalue weighted by Gasteiger charge is 2.25. The molecule has 0 bridgehead atoms. The van der Waals surface area contributed by atoms with Gasteiger partial charge in [-0.2, -0.15) is 12.7 Å². The molecule has 5 nitrogen and oxygen atoms in total. The fourth-order valence-electron chi connectivity index (χ4n) is 2.22. The monoisotopic (exact) mass is 318 g/mol. The molecule has 0 unspecified atom stereocenters. The molecule has 1 fully saturated rings. The summed E-state index contributed by atoms with van der Waals surface area (Å²) < 4.78 is 33.9. The van der Waals surface area contributed by atoms with E-state index >= 15 is 0 Å². The molecule has 1 heterocycles. The van der Waals surface area contributed by atoms with Crippen molar-refractivity contribution in [2.75, 3.05) is 24.9 Å². The maximum Gasteiger partial charge on any atom is 0.301 e. The van der Waals surface area contributed by atoms with Crippen LogP contribution < -0.4 is 9.46 Å². The Kier molecular flexibility index (Phi) is 4.78. The third-order valence-corrected chi connectivity index (χ3v) is 5.30. The topological polar surface area (TPSA) is 58.6 Å². The van der Waals surface area contributed by atoms with Gasteiger partial charge in [-0.15, -0.1) is 0 Å². The second kappa shape index (κ2) is 6.20. The Morgan fingerprint density at radius 1 is 1.25 bits per heavy atom. The van der Waals surface area contributed by atoms with E-state index in [1.54, 1.807) is 12.1 Å². The molecule has 112 valence electrons. The number of anilines is 1. The predicted molar refractivity (Wildman–Crippen MR) is 80.7 cm³/mol. The number of benzene rings is 1. The fraction of sp³-hybridized carbons (Fsp3) is 0.538. The number of nitrogens with zero attached hydrogens (tertiary/aromatic N) is 1. The molecule has 2 rings (SSSR count). The molecule has 1 aliphatic rings. The molecule has 0 saturated carbocycles. The Morgan fingerprint density at radius 2 is 1.90 bits per heavy atom. The van der Waals surface area contributed by atoms with Gasteiger partial charge in [0.1, 0.15) is 5.75 Å². The van der Waals surface area contributed by atoms with E-state index in [4.69, 9.17) is 16.3 Å². The molecule has 1 N–H and O–H groups in total. The van der Waals surface area contributed by atoms with E-state index in [2.05, 4.69) is 4.72 Å². The Balaban J connectivity index is 2.26. The number of methoxy groups -OCH3 is 1. The number of hydrogen-bond donors (Lipinski definition) is 1. The first-order valence-electron chi connectivity index (χ1n) is 6.56. The van der Waals surface area contributed by atoms with Crippen LogP contribution in [0.1, 0.15) is 24.8 Å². The van der Waals surface area contributed by atoms with Gasteiger partial charge < -0.3 is 4.74 Å². The summed E-state index contributed by atoms with van der Waals surface area (Å²) in [4.78, 5) is 0. The summed E-state index contributed by atoms with van der Waals surface area (Å²) in [5, 5.41) is 0.544. The number of aryl methyl sites for hydroxylation is 1. The number of rotatable bonds is 4. The van der Waals surface area contributed by atoms with Crippen molar-refractivity contribution in [3.63, 3.8) is 0 Å². The average Bonchev–Trinajstić information content (AvgIpc) is 2.43. The number of ether oxygens (including phenoxy) is 1. The lowest BCUT2D eigenvalue weighted by Gasteiger charge is -2.26. The van der Waals surface area contributed by atoms with Crippen LogP contribution >= 0.6 is 11.6 Å². The van der Waals surface area contributed by atoms with Crippen molar-refractivity contribution in [3.05, 3.63) is 22.7 Å². The van der Waals surface area contributed by atoms with Crippen molar-refractivity contribution in [3.8, 4) is 5.75 Å². The highest BCUT2D eigenvalue weighted by atomic mass is 35.5. The van der Waals surface area contributed by atoms with Gasteiger partial charge in [-0.25, -0.2) is 0 Å². The third kappa shape index (κ3) is 3.37. The van der Waals surface area contributed by atoms with Crippen molar-refractivity contribution >= 4 is 27.5 Å². The summed E-state index contributed by atoms with van der Waals surface area (Å²) in [6.45, 7) is 2.94. The summed E-state index contributed by atoms with van der Waals surface area (Å²) >= 11 is 6.02. The minimum absolute atomic E-state index is 0.417. The Labute approximate surface area is 125 Å². The fourth-order valence-corrected chi connectivity index (χ4v) is 3.68. The molecule has 1 aromatic carbocycles. The highest BCUT2D eigenvalue weighted by molar-refractivity contribution is 7.90. The minimum atomic E-state index is -3.54. The van der Waals surface area contributed by atoms with Gasteiger partial charge in [0, 0.05) is 24.2 Å². The largest absolute Gasteiger partial charge is 0.495 e. The second-order valence-electron chi connectivity index (χ2n) is 4.87. The van der Waals surface area contributed by atoms with Crippen LogP contribution in [0, 0.1) is 6.92 Å². The van der Waals surface area contributed by atoms with Crippen molar-refractivity contribution in [2.24, 2.45) is 0 Å². The average molecular weight is 319 g/mol. The van der Waals surface area contributed by atoms with E-state index in [1.165, 1.54) is 11.4 Å². The van der Waals surface area contributed by atoms with E-state index < -0.39 is 10.2 Å². The van der Waals surface area contributed by atoms with Gasteiger partial charge in [0.05, 0.1) is 12.8 Å². The van der Waals surface area contributed by atoms with Crippen LogP contribution in [0.5, 0.6) is 5.75 Å². The smallest absolute Gasteiger partial charge is 0.301 e. The Bertz CT molecular complexity index is 584. The molecule has 0 atom stereocenters. The van der Waals surface area contributed by atoms with E-state index in [-0.39, 0.29) is 0 Å². The molecular formula is C13H19ClN2O3S. The summed E-state index contributed by atoms with van der Waals surface area (Å²) in [5.74, 6) is 0.418. The molecule has 0 amide bonds. The van der Waals surface area contributed by atoms with Crippen molar-refractivity contribution < 1.29 is 13.2 Å². The lowest BCUT2D eigenvalue weighted by atomic mass is 10.2. The van der Waals surface area contributed by atoms with Crippen LogP contribution in [0.3, 0.4) is 0 Å². The zero-order valence-corrected chi connectivity index (χ0v) is 13.2. The molecule has 1 saturated heterocycles. The highest BCUT2D eigenvalue weighted by Crippen LogP contribution is 2.32. The number of nitrogens with one attached hydrogen (secondary N) is 1. The lowest BCUT2D eigenvalue weighted by molar-refractivity contribution is 0.348. The first-order chi connectivity index (χ1) is 9.44. The summed E-state index contributed by atoms with van der Waals surface area (Å²) in [5.41, 5.74) is 1.21. The van der Waals surface area contributed by atoms with Gasteiger partial charge in [-0.3, -0.25) is 4.72 Å². The predicted octanol–water partition coefficient (Wildman–Crippen LogP) is 2.80. The summed E-state index contributed by atoms with van der Waals surface area (Å²) in [6, 6.07) is 3.30. The minimum Gasteiger partial charge on any atom is -0.495 e. The van der Waals surface area contributed by atoms with E-state index in [0.717, 1.165) is 24.8 Å². The van der Waals surface area contributed by atoms with Crippen LogP contribution in [0.4, 0.5) is 5.69 Å². The van der Waals surface area contributed by atoms with Crippen LogP contribution in [-0.4, -0.2) is 32.9 Å². The van der Waals surface area contributed by atoms with Gasteiger partial charge in [0.25, 0.3) is 0 Å². The van der Waals surface area contributed by atoms with Crippen molar-refractivity contribution in [1.82, 2.24) is 4.31 Å². The van der Waals surface area contributed by atoms with Gasteiger partial charge in [-0.05, 0) is 31.4 Å². The first kappa shape index (κ1) is 15.4. The maximum absolute atomic E-state index is 12.3. The van der Waals surface area contributed by atoms with Crippen LogP contribution in [-0.2, 0) is 10.2 Å². The quantitative estimate of drug-likeness (QED) is 0.928. The zero-order chi connectivity index (χ0) is 14.8. The van der Waals surface area contributed by atoms with Gasteiger partial charge in [-0.1, -0.05) is 18.0 Å². The molecule has 7 heteroatoms. The van der Waals surface area contributed by atoms with Gasteiger partial charge in [0.2, 0.25) is 0 Å². The lowest BCUT2D eigenvalue weighted by Crippen LogP contribution is -2.39. The van der Waals surface area contributed by atoms with E-state index in [1.807, 2.05) is 6.92 Å². The molecule has 0 aromatic heterocycles. The van der Waals surface area contributed by atoms with Crippen LogP contribution in [0.25, 0.3) is 0 Å². The van der Waals surface area contributed by atoms with Crippen molar-refractivity contribution in [1.29, 1.82) is 0 Å². The number of piperidine rings is 1. The summed E-state index contributed by atoms with van der Waals surface area (Å²) in [7, 11) is -2.05. The number of halogens is 1. The van der Waals surface area contributed by atoms with Gasteiger partial charge in [0.15, 0.2) is 0 Å². The second-order valence-corrected chi connectivity index (χ2v) is 6.95. The molecule has 0 radical (unpaired) electrons. The normalized spacial score (nSPS) is 16.9. The van der Waals surface area contributed by atoms with Crippen LogP contribution in [0.2, 0.25) is 5.02 Å². The van der Waals surface area contributed by atoms with E-state index in [9.17, 15) is 8.42 Å². The first-order valence-corrected chi connectivity index (χ1v) is 8.38. The zero-order valence-electron chi connectivity index (χ0n) is 11.6. The SMILES string of the molecule is COc1cc(Cl)c(C)cc1NS(=O)(=O)N1CCCCC1. The standard InChI is InChI=1S/C13H19ClN2O3S/c1-10-8-12(13(19-2)9-11(10)14)15-20(17,18)16-6-4-3-5-7-16/h8-9,15H,3-7H2,1-2H3. The van der Waals surface area contributed by atoms with Crippen LogP contribution in [0.15, 0.2) is 12.1 Å². The molecule has 1 aromatic rings. The van der Waals surface area contributed by atoms with Crippen molar-refractivity contribution in [2.45, 2.75) is 26.2 Å². The molecule has 1 aliphatic heterocycles. The van der Waals surface area contributed by atoms with E-state index in [0.29, 0.717) is 29.5 Å². The molecule has 20 heavy (non-hydrogen) atoms. The Hall–Kier alpha value is -0.980. The number of hydrogen-bond acceptors (Lipinski definition) is 3. The molecular weight excluding hydrogens is 300 g/mol. The van der Waals surface area contributed by atoms with Gasteiger partial charge >= 0.3 is 10.2 Å². The molecule has 0 spiro atoms. The maximum atomic E-state index is 12.3.